The first kappa shape index (κ1) is 11.9. The van der Waals surface area contributed by atoms with E-state index in [9.17, 15) is 4.79 Å². The highest BCUT2D eigenvalue weighted by atomic mass is 16.5. The highest BCUT2D eigenvalue weighted by Gasteiger charge is 2.13. The summed E-state index contributed by atoms with van der Waals surface area (Å²) in [6, 6.07) is 1.94. The molecule has 0 aliphatic carbocycles. The van der Waals surface area contributed by atoms with Gasteiger partial charge in [-0.3, -0.25) is 4.79 Å². The Hall–Kier alpha value is -1.08. The maximum Gasteiger partial charge on any atom is 0.308 e. The largest absolute Gasteiger partial charge is 0.461 e. The number of rotatable bonds is 5. The SMILES string of the molecule is CC[C@H](CC#N)OC(=O)C[C@@H](C)O. The van der Waals surface area contributed by atoms with Gasteiger partial charge in [0.05, 0.1) is 25.0 Å². The van der Waals surface area contributed by atoms with Crippen molar-refractivity contribution in [2.24, 2.45) is 0 Å². The van der Waals surface area contributed by atoms with E-state index in [0.717, 1.165) is 0 Å². The van der Waals surface area contributed by atoms with E-state index in [1.807, 2.05) is 13.0 Å². The van der Waals surface area contributed by atoms with Crippen molar-refractivity contribution >= 4 is 5.97 Å². The van der Waals surface area contributed by atoms with E-state index in [-0.39, 0.29) is 18.9 Å². The number of aliphatic hydroxyl groups is 1. The molecule has 0 bridgehead atoms. The van der Waals surface area contributed by atoms with Gasteiger partial charge in [0.15, 0.2) is 0 Å². The Balaban J connectivity index is 3.81. The summed E-state index contributed by atoms with van der Waals surface area (Å²) >= 11 is 0. The fourth-order valence-electron chi connectivity index (χ4n) is 0.846. The smallest absolute Gasteiger partial charge is 0.308 e. The van der Waals surface area contributed by atoms with Gasteiger partial charge in [-0.05, 0) is 13.3 Å². The maximum absolute atomic E-state index is 11.0. The topological polar surface area (TPSA) is 70.3 Å². The quantitative estimate of drug-likeness (QED) is 0.648. The van der Waals surface area contributed by atoms with Crippen molar-refractivity contribution in [2.75, 3.05) is 0 Å². The van der Waals surface area contributed by atoms with Gasteiger partial charge in [0.2, 0.25) is 0 Å². The molecule has 0 spiro atoms. The van der Waals surface area contributed by atoms with Crippen LogP contribution in [0.25, 0.3) is 0 Å². The number of aliphatic hydroxyl groups excluding tert-OH is 1. The molecule has 0 heterocycles. The molecular weight excluding hydrogens is 170 g/mol. The van der Waals surface area contributed by atoms with Crippen LogP contribution in [0.15, 0.2) is 0 Å². The zero-order chi connectivity index (χ0) is 10.3. The molecule has 1 N–H and O–H groups in total. The second-order valence-electron chi connectivity index (χ2n) is 2.94. The van der Waals surface area contributed by atoms with E-state index in [0.29, 0.717) is 6.42 Å². The van der Waals surface area contributed by atoms with E-state index >= 15 is 0 Å². The second-order valence-corrected chi connectivity index (χ2v) is 2.94. The number of esters is 1. The van der Waals surface area contributed by atoms with Crippen molar-refractivity contribution in [1.29, 1.82) is 5.26 Å². The third kappa shape index (κ3) is 6.12. The molecule has 0 radical (unpaired) electrons. The Bertz CT molecular complexity index is 196. The van der Waals surface area contributed by atoms with Crippen molar-refractivity contribution in [1.82, 2.24) is 0 Å². The maximum atomic E-state index is 11.0. The summed E-state index contributed by atoms with van der Waals surface area (Å²) in [7, 11) is 0. The van der Waals surface area contributed by atoms with Crippen LogP contribution in [-0.4, -0.2) is 23.3 Å². The zero-order valence-electron chi connectivity index (χ0n) is 7.99. The molecule has 0 aliphatic heterocycles. The average Bonchev–Trinajstić information content (AvgIpc) is 2.02. The lowest BCUT2D eigenvalue weighted by Crippen LogP contribution is -2.20. The van der Waals surface area contributed by atoms with Gasteiger partial charge in [-0.15, -0.1) is 0 Å². The molecule has 0 rings (SSSR count). The van der Waals surface area contributed by atoms with Gasteiger partial charge in [0, 0.05) is 0 Å². The number of nitrogens with zero attached hydrogens (tertiary/aromatic N) is 1. The molecule has 0 amide bonds. The fourth-order valence-corrected chi connectivity index (χ4v) is 0.846. The predicted octanol–water partition coefficient (Wildman–Crippen LogP) is 0.993. The second kappa shape index (κ2) is 6.44. The van der Waals surface area contributed by atoms with Crippen LogP contribution in [0.3, 0.4) is 0 Å². The highest BCUT2D eigenvalue weighted by molar-refractivity contribution is 5.70. The van der Waals surface area contributed by atoms with Crippen LogP contribution < -0.4 is 0 Å². The summed E-state index contributed by atoms with van der Waals surface area (Å²) in [6.45, 7) is 3.37. The van der Waals surface area contributed by atoms with Crippen molar-refractivity contribution in [2.45, 2.75) is 45.3 Å². The van der Waals surface area contributed by atoms with Crippen LogP contribution in [0.1, 0.15) is 33.1 Å². The van der Waals surface area contributed by atoms with Crippen LogP contribution in [0, 0.1) is 11.3 Å². The lowest BCUT2D eigenvalue weighted by atomic mass is 10.2. The van der Waals surface area contributed by atoms with Gasteiger partial charge in [0.25, 0.3) is 0 Å². The van der Waals surface area contributed by atoms with Gasteiger partial charge in [0.1, 0.15) is 6.10 Å². The summed E-state index contributed by atoms with van der Waals surface area (Å²) < 4.78 is 4.93. The van der Waals surface area contributed by atoms with Crippen LogP contribution in [0.2, 0.25) is 0 Å². The molecule has 0 aliphatic rings. The fraction of sp³-hybridized carbons (Fsp3) is 0.778. The summed E-state index contributed by atoms with van der Waals surface area (Å²) in [6.07, 6.45) is -0.202. The third-order valence-electron chi connectivity index (χ3n) is 1.53. The molecule has 0 fully saturated rings. The lowest BCUT2D eigenvalue weighted by Gasteiger charge is -2.13. The molecular formula is C9H15NO3. The first-order chi connectivity index (χ1) is 6.10. The van der Waals surface area contributed by atoms with Crippen molar-refractivity contribution < 1.29 is 14.6 Å². The molecule has 0 saturated heterocycles. The average molecular weight is 185 g/mol. The van der Waals surface area contributed by atoms with Crippen molar-refractivity contribution in [3.63, 3.8) is 0 Å². The Kier molecular flexibility index (Phi) is 5.90. The Labute approximate surface area is 78.1 Å². The summed E-state index contributed by atoms with van der Waals surface area (Å²) in [5.41, 5.74) is 0. The van der Waals surface area contributed by atoms with Gasteiger partial charge < -0.3 is 9.84 Å². The van der Waals surface area contributed by atoms with Crippen molar-refractivity contribution in [3.8, 4) is 6.07 Å². The predicted molar refractivity (Wildman–Crippen MR) is 46.7 cm³/mol. The molecule has 0 aromatic heterocycles. The van der Waals surface area contributed by atoms with E-state index in [1.165, 1.54) is 6.92 Å². The Morgan fingerprint density at radius 1 is 1.69 bits per heavy atom. The van der Waals surface area contributed by atoms with Crippen LogP contribution >= 0.6 is 0 Å². The number of ether oxygens (including phenoxy) is 1. The van der Waals surface area contributed by atoms with E-state index in [4.69, 9.17) is 15.1 Å². The number of hydrogen-bond donors (Lipinski definition) is 1. The number of carbonyl (C=O) groups is 1. The number of hydrogen-bond acceptors (Lipinski definition) is 4. The minimum Gasteiger partial charge on any atom is -0.461 e. The van der Waals surface area contributed by atoms with E-state index < -0.39 is 12.1 Å². The first-order valence-electron chi connectivity index (χ1n) is 4.34. The molecule has 0 aromatic carbocycles. The highest BCUT2D eigenvalue weighted by Crippen LogP contribution is 2.05. The summed E-state index contributed by atoms with van der Waals surface area (Å²) in [5, 5.41) is 17.2. The van der Waals surface area contributed by atoms with E-state index in [1.54, 1.807) is 0 Å². The number of carbonyl (C=O) groups excluding carboxylic acids is 1. The van der Waals surface area contributed by atoms with Gasteiger partial charge in [-0.1, -0.05) is 6.92 Å². The number of nitriles is 1. The standard InChI is InChI=1S/C9H15NO3/c1-3-8(4-5-10)13-9(12)6-7(2)11/h7-8,11H,3-4,6H2,1-2H3/t7-,8-/m1/s1. The monoisotopic (exact) mass is 185 g/mol. The molecule has 0 aromatic rings. The zero-order valence-corrected chi connectivity index (χ0v) is 7.99. The Morgan fingerprint density at radius 3 is 2.69 bits per heavy atom. The summed E-state index contributed by atoms with van der Waals surface area (Å²) in [4.78, 5) is 11.0. The van der Waals surface area contributed by atoms with Gasteiger partial charge in [-0.25, -0.2) is 0 Å². The first-order valence-corrected chi connectivity index (χ1v) is 4.34. The normalized spacial score (nSPS) is 14.3. The lowest BCUT2D eigenvalue weighted by molar-refractivity contribution is -0.150. The third-order valence-corrected chi connectivity index (χ3v) is 1.53. The van der Waals surface area contributed by atoms with Crippen LogP contribution in [0.4, 0.5) is 0 Å². The van der Waals surface area contributed by atoms with Crippen molar-refractivity contribution in [3.05, 3.63) is 0 Å². The van der Waals surface area contributed by atoms with Crippen LogP contribution in [-0.2, 0) is 9.53 Å². The molecule has 4 nitrogen and oxygen atoms in total. The minimum atomic E-state index is -0.688. The van der Waals surface area contributed by atoms with Gasteiger partial charge >= 0.3 is 5.97 Å². The summed E-state index contributed by atoms with van der Waals surface area (Å²) in [5.74, 6) is -0.447. The van der Waals surface area contributed by atoms with Gasteiger partial charge in [-0.2, -0.15) is 5.26 Å². The van der Waals surface area contributed by atoms with Crippen LogP contribution in [0.5, 0.6) is 0 Å². The molecule has 2 atom stereocenters. The van der Waals surface area contributed by atoms with E-state index in [2.05, 4.69) is 0 Å². The molecule has 74 valence electrons. The molecule has 0 saturated carbocycles. The molecule has 13 heavy (non-hydrogen) atoms. The molecule has 0 unspecified atom stereocenters. The molecule has 4 heteroatoms. The Morgan fingerprint density at radius 2 is 2.31 bits per heavy atom. The minimum absolute atomic E-state index is 0.0120.